The molecule has 1 amide bonds. The minimum atomic E-state index is -1.10. The number of carbonyl (C=O) groups excluding carboxylic acids is 1. The van der Waals surface area contributed by atoms with Crippen LogP contribution in [0.5, 0.6) is 0 Å². The molecule has 0 saturated carbocycles. The first-order valence-electron chi connectivity index (χ1n) is 6.21. The number of aromatic amines is 1. The van der Waals surface area contributed by atoms with Gasteiger partial charge in [0.15, 0.2) is 0 Å². The molecule has 1 aromatic heterocycles. The normalized spacial score (nSPS) is 15.5. The van der Waals surface area contributed by atoms with Crippen LogP contribution in [-0.2, 0) is 16.0 Å². The van der Waals surface area contributed by atoms with E-state index in [0.29, 0.717) is 5.69 Å². The highest BCUT2D eigenvalue weighted by Crippen LogP contribution is 2.06. The van der Waals surface area contributed by atoms with Crippen LogP contribution < -0.4 is 11.1 Å². The molecule has 19 heavy (non-hydrogen) atoms. The maximum Gasteiger partial charge on any atom is 0.326 e. The zero-order valence-electron chi connectivity index (χ0n) is 11.1. The van der Waals surface area contributed by atoms with Crippen LogP contribution in [-0.4, -0.2) is 39.0 Å². The van der Waals surface area contributed by atoms with Gasteiger partial charge in [0.05, 0.1) is 12.4 Å². The smallest absolute Gasteiger partial charge is 0.326 e. The Morgan fingerprint density at radius 3 is 2.74 bits per heavy atom. The SMILES string of the molecule is CCC(C)C(N)C(=O)N[C@H](Cc1cnc[nH]1)C(=O)O. The van der Waals surface area contributed by atoms with E-state index in [4.69, 9.17) is 10.8 Å². The van der Waals surface area contributed by atoms with Crippen LogP contribution >= 0.6 is 0 Å². The average molecular weight is 268 g/mol. The molecule has 0 aliphatic rings. The Morgan fingerprint density at radius 1 is 1.58 bits per heavy atom. The summed E-state index contributed by atoms with van der Waals surface area (Å²) in [5.41, 5.74) is 6.41. The number of aromatic nitrogens is 2. The van der Waals surface area contributed by atoms with Crippen molar-refractivity contribution < 1.29 is 14.7 Å². The zero-order chi connectivity index (χ0) is 14.4. The van der Waals surface area contributed by atoms with Crippen LogP contribution in [0.15, 0.2) is 12.5 Å². The molecule has 0 fully saturated rings. The second-order valence-electron chi connectivity index (χ2n) is 4.59. The van der Waals surface area contributed by atoms with Crippen molar-refractivity contribution in [2.24, 2.45) is 11.7 Å². The first kappa shape index (κ1) is 15.2. The van der Waals surface area contributed by atoms with Crippen molar-refractivity contribution in [3.63, 3.8) is 0 Å². The monoisotopic (exact) mass is 268 g/mol. The molecule has 0 aromatic carbocycles. The summed E-state index contributed by atoms with van der Waals surface area (Å²) < 4.78 is 0. The summed E-state index contributed by atoms with van der Waals surface area (Å²) in [6.45, 7) is 3.78. The number of carboxylic acids is 1. The molecule has 5 N–H and O–H groups in total. The lowest BCUT2D eigenvalue weighted by Gasteiger charge is -2.20. The molecular weight excluding hydrogens is 248 g/mol. The van der Waals surface area contributed by atoms with E-state index >= 15 is 0 Å². The largest absolute Gasteiger partial charge is 0.480 e. The lowest BCUT2D eigenvalue weighted by Crippen LogP contribution is -2.51. The number of rotatable bonds is 7. The number of amides is 1. The van der Waals surface area contributed by atoms with E-state index in [1.165, 1.54) is 12.5 Å². The molecule has 106 valence electrons. The van der Waals surface area contributed by atoms with Crippen molar-refractivity contribution in [2.45, 2.75) is 38.8 Å². The fourth-order valence-corrected chi connectivity index (χ4v) is 1.60. The van der Waals surface area contributed by atoms with Gasteiger partial charge < -0.3 is 21.1 Å². The van der Waals surface area contributed by atoms with E-state index in [9.17, 15) is 9.59 Å². The molecule has 0 radical (unpaired) electrons. The number of aliphatic carboxylic acids is 1. The van der Waals surface area contributed by atoms with E-state index < -0.39 is 24.0 Å². The first-order valence-corrected chi connectivity index (χ1v) is 6.21. The van der Waals surface area contributed by atoms with Gasteiger partial charge in [-0.15, -0.1) is 0 Å². The average Bonchev–Trinajstić information content (AvgIpc) is 2.88. The highest BCUT2D eigenvalue weighted by molar-refractivity contribution is 5.87. The van der Waals surface area contributed by atoms with Crippen LogP contribution in [0.4, 0.5) is 0 Å². The molecular formula is C12H20N4O3. The van der Waals surface area contributed by atoms with Crippen LogP contribution in [0.2, 0.25) is 0 Å². The van der Waals surface area contributed by atoms with E-state index in [1.807, 2.05) is 13.8 Å². The summed E-state index contributed by atoms with van der Waals surface area (Å²) in [5, 5.41) is 11.6. The number of carbonyl (C=O) groups is 2. The van der Waals surface area contributed by atoms with E-state index in [-0.39, 0.29) is 12.3 Å². The number of imidazole rings is 1. The number of H-pyrrole nitrogens is 1. The first-order chi connectivity index (χ1) is 8.95. The van der Waals surface area contributed by atoms with Gasteiger partial charge in [-0.05, 0) is 5.92 Å². The number of nitrogens with zero attached hydrogens (tertiary/aromatic N) is 1. The number of nitrogens with one attached hydrogen (secondary N) is 2. The predicted molar refractivity (Wildman–Crippen MR) is 69.3 cm³/mol. The lowest BCUT2D eigenvalue weighted by molar-refractivity contribution is -0.142. The van der Waals surface area contributed by atoms with Crippen LogP contribution in [0.3, 0.4) is 0 Å². The molecule has 1 rings (SSSR count). The van der Waals surface area contributed by atoms with Gasteiger partial charge in [-0.3, -0.25) is 4.79 Å². The molecule has 0 spiro atoms. The van der Waals surface area contributed by atoms with Gasteiger partial charge in [0.25, 0.3) is 0 Å². The molecule has 0 aliphatic carbocycles. The maximum atomic E-state index is 11.9. The zero-order valence-corrected chi connectivity index (χ0v) is 11.1. The molecule has 3 atom stereocenters. The van der Waals surface area contributed by atoms with Crippen LogP contribution in [0.25, 0.3) is 0 Å². The molecule has 1 heterocycles. The second kappa shape index (κ2) is 6.89. The second-order valence-corrected chi connectivity index (χ2v) is 4.59. The van der Waals surface area contributed by atoms with Gasteiger partial charge in [-0.25, -0.2) is 9.78 Å². The quantitative estimate of drug-likeness (QED) is 0.550. The van der Waals surface area contributed by atoms with E-state index in [0.717, 1.165) is 6.42 Å². The Bertz CT molecular complexity index is 419. The van der Waals surface area contributed by atoms with Gasteiger partial charge in [-0.1, -0.05) is 20.3 Å². The summed E-state index contributed by atoms with van der Waals surface area (Å²) in [4.78, 5) is 29.6. The number of nitrogens with two attached hydrogens (primary N) is 1. The summed E-state index contributed by atoms with van der Waals surface area (Å²) >= 11 is 0. The number of carboxylic acid groups (broad SMARTS) is 1. The van der Waals surface area contributed by atoms with Gasteiger partial charge >= 0.3 is 5.97 Å². The lowest BCUT2D eigenvalue weighted by atomic mass is 9.99. The third-order valence-corrected chi connectivity index (χ3v) is 3.15. The fourth-order valence-electron chi connectivity index (χ4n) is 1.60. The van der Waals surface area contributed by atoms with Gasteiger partial charge in [0.1, 0.15) is 6.04 Å². The van der Waals surface area contributed by atoms with Crippen molar-refractivity contribution in [1.29, 1.82) is 0 Å². The Morgan fingerprint density at radius 2 is 2.26 bits per heavy atom. The molecule has 7 heteroatoms. The predicted octanol–water partition coefficient (Wildman–Crippen LogP) is -0.105. The van der Waals surface area contributed by atoms with Crippen molar-refractivity contribution in [1.82, 2.24) is 15.3 Å². The van der Waals surface area contributed by atoms with Crippen molar-refractivity contribution in [2.75, 3.05) is 0 Å². The molecule has 1 aromatic rings. The van der Waals surface area contributed by atoms with Gasteiger partial charge in [0.2, 0.25) is 5.91 Å². The maximum absolute atomic E-state index is 11.9. The topological polar surface area (TPSA) is 121 Å². The summed E-state index contributed by atoms with van der Waals surface area (Å²) in [5.74, 6) is -1.54. The molecule has 0 bridgehead atoms. The third kappa shape index (κ3) is 4.36. The van der Waals surface area contributed by atoms with Crippen LogP contribution in [0, 0.1) is 5.92 Å². The molecule has 0 aliphatic heterocycles. The Kier molecular flexibility index (Phi) is 5.50. The minimum absolute atomic E-state index is 0.00148. The molecule has 0 saturated heterocycles. The Hall–Kier alpha value is -1.89. The van der Waals surface area contributed by atoms with Crippen LogP contribution in [0.1, 0.15) is 26.0 Å². The summed E-state index contributed by atoms with van der Waals surface area (Å²) in [7, 11) is 0. The highest BCUT2D eigenvalue weighted by Gasteiger charge is 2.26. The highest BCUT2D eigenvalue weighted by atomic mass is 16.4. The Balaban J connectivity index is 2.63. The third-order valence-electron chi connectivity index (χ3n) is 3.15. The number of hydrogen-bond acceptors (Lipinski definition) is 4. The van der Waals surface area contributed by atoms with Crippen molar-refractivity contribution in [3.8, 4) is 0 Å². The summed E-state index contributed by atoms with van der Waals surface area (Å²) in [6, 6.07) is -1.71. The van der Waals surface area contributed by atoms with E-state index in [1.54, 1.807) is 0 Å². The standard InChI is InChI=1S/C12H20N4O3/c1-3-7(2)10(13)11(17)16-9(12(18)19)4-8-5-14-6-15-8/h5-7,9-10H,3-4,13H2,1-2H3,(H,14,15)(H,16,17)(H,18,19)/t7?,9-,10?/m1/s1. The van der Waals surface area contributed by atoms with E-state index in [2.05, 4.69) is 15.3 Å². The van der Waals surface area contributed by atoms with Crippen molar-refractivity contribution >= 4 is 11.9 Å². The number of hydrogen-bond donors (Lipinski definition) is 4. The summed E-state index contributed by atoms with van der Waals surface area (Å²) in [6.07, 6.45) is 3.89. The van der Waals surface area contributed by atoms with Gasteiger partial charge in [-0.2, -0.15) is 0 Å². The molecule has 2 unspecified atom stereocenters. The Labute approximate surface area is 111 Å². The molecule has 7 nitrogen and oxygen atoms in total. The minimum Gasteiger partial charge on any atom is -0.480 e. The van der Waals surface area contributed by atoms with Crippen molar-refractivity contribution in [3.05, 3.63) is 18.2 Å². The fraction of sp³-hybridized carbons (Fsp3) is 0.583. The van der Waals surface area contributed by atoms with Gasteiger partial charge in [0, 0.05) is 18.3 Å².